The number of amides is 1. The first kappa shape index (κ1) is 11.8. The van der Waals surface area contributed by atoms with E-state index >= 15 is 0 Å². The fourth-order valence-corrected chi connectivity index (χ4v) is 2.00. The van der Waals surface area contributed by atoms with Crippen LogP contribution in [0, 0.1) is 0 Å². The molecule has 0 aromatic carbocycles. The lowest BCUT2D eigenvalue weighted by atomic mass is 10.1. The van der Waals surface area contributed by atoms with Gasteiger partial charge in [0.1, 0.15) is 0 Å². The predicted molar refractivity (Wildman–Crippen MR) is 61.3 cm³/mol. The lowest BCUT2D eigenvalue weighted by Crippen LogP contribution is -2.44. The van der Waals surface area contributed by atoms with Crippen LogP contribution in [-0.2, 0) is 0 Å². The van der Waals surface area contributed by atoms with Crippen LogP contribution in [0.1, 0.15) is 30.3 Å². The third kappa shape index (κ3) is 2.73. The molecule has 1 fully saturated rings. The van der Waals surface area contributed by atoms with Crippen molar-refractivity contribution in [1.29, 1.82) is 0 Å². The normalized spacial score (nSPS) is 18.2. The number of hydrogen-bond acceptors (Lipinski definition) is 6. The number of rotatable bonds is 3. The molecule has 0 bridgehead atoms. The van der Waals surface area contributed by atoms with Gasteiger partial charge in [-0.25, -0.2) is 4.63 Å². The summed E-state index contributed by atoms with van der Waals surface area (Å²) < 4.78 is 4.40. The van der Waals surface area contributed by atoms with Gasteiger partial charge in [-0.05, 0) is 29.7 Å². The van der Waals surface area contributed by atoms with Crippen molar-refractivity contribution in [2.75, 3.05) is 25.4 Å². The first-order valence-corrected chi connectivity index (χ1v) is 5.82. The summed E-state index contributed by atoms with van der Waals surface area (Å²) in [6.45, 7) is 5.21. The third-order valence-corrected chi connectivity index (χ3v) is 3.10. The van der Waals surface area contributed by atoms with E-state index in [1.54, 1.807) is 0 Å². The number of carbonyl (C=O) groups is 1. The van der Waals surface area contributed by atoms with Crippen molar-refractivity contribution in [3.8, 4) is 0 Å². The Hall–Kier alpha value is -1.63. The largest absolute Gasteiger partial charge is 0.379 e. The van der Waals surface area contributed by atoms with E-state index in [-0.39, 0.29) is 23.5 Å². The average Bonchev–Trinajstić information content (AvgIpc) is 2.76. The van der Waals surface area contributed by atoms with Gasteiger partial charge in [0, 0.05) is 19.1 Å². The fourth-order valence-electron chi connectivity index (χ4n) is 2.00. The maximum atomic E-state index is 11.8. The van der Waals surface area contributed by atoms with Crippen LogP contribution in [-0.4, -0.2) is 46.8 Å². The molecule has 0 radical (unpaired) electrons. The number of nitrogen functional groups attached to an aromatic ring is 1. The monoisotopic (exact) mass is 239 g/mol. The second-order valence-electron chi connectivity index (χ2n) is 4.18. The maximum absolute atomic E-state index is 11.8. The Morgan fingerprint density at radius 1 is 1.53 bits per heavy atom. The van der Waals surface area contributed by atoms with Crippen molar-refractivity contribution in [2.45, 2.75) is 25.8 Å². The molecule has 0 atom stereocenters. The molecular formula is C10H17N5O2. The van der Waals surface area contributed by atoms with Gasteiger partial charge in [0.15, 0.2) is 0 Å². The predicted octanol–water partition coefficient (Wildman–Crippen LogP) is -0.134. The van der Waals surface area contributed by atoms with Gasteiger partial charge in [-0.2, -0.15) is 0 Å². The van der Waals surface area contributed by atoms with Crippen LogP contribution < -0.4 is 11.1 Å². The molecule has 1 amide bonds. The highest BCUT2D eigenvalue weighted by Gasteiger charge is 2.23. The molecule has 3 N–H and O–H groups in total. The van der Waals surface area contributed by atoms with E-state index in [9.17, 15) is 4.79 Å². The van der Waals surface area contributed by atoms with Gasteiger partial charge in [-0.15, -0.1) is 0 Å². The van der Waals surface area contributed by atoms with Gasteiger partial charge < -0.3 is 16.0 Å². The van der Waals surface area contributed by atoms with Crippen LogP contribution in [0.5, 0.6) is 0 Å². The molecular weight excluding hydrogens is 222 g/mol. The first-order valence-electron chi connectivity index (χ1n) is 5.82. The van der Waals surface area contributed by atoms with Crippen LogP contribution in [0.15, 0.2) is 4.63 Å². The molecule has 0 spiro atoms. The molecule has 94 valence electrons. The summed E-state index contributed by atoms with van der Waals surface area (Å²) in [5, 5.41) is 9.76. The second-order valence-corrected chi connectivity index (χ2v) is 4.18. The summed E-state index contributed by atoms with van der Waals surface area (Å²) in [5.41, 5.74) is 5.53. The molecule has 2 heterocycles. The standard InChI is InChI=1S/C10H17N5O2/c1-2-15-5-3-7(4-6-15)12-10(16)8-9(11)14-17-13-8/h7H,2-6H2,1H3,(H2,11,14)(H,12,16). The maximum Gasteiger partial charge on any atom is 0.277 e. The van der Waals surface area contributed by atoms with Crippen molar-refractivity contribution in [2.24, 2.45) is 0 Å². The summed E-state index contributed by atoms with van der Waals surface area (Å²) in [4.78, 5) is 14.1. The molecule has 17 heavy (non-hydrogen) atoms. The van der Waals surface area contributed by atoms with E-state index in [2.05, 4.69) is 32.1 Å². The van der Waals surface area contributed by atoms with Gasteiger partial charge in [0.05, 0.1) is 0 Å². The number of aromatic nitrogens is 2. The zero-order valence-electron chi connectivity index (χ0n) is 9.85. The highest BCUT2D eigenvalue weighted by atomic mass is 16.6. The molecule has 7 nitrogen and oxygen atoms in total. The average molecular weight is 239 g/mol. The molecule has 1 saturated heterocycles. The van der Waals surface area contributed by atoms with Crippen LogP contribution >= 0.6 is 0 Å². The molecule has 7 heteroatoms. The Morgan fingerprint density at radius 2 is 2.24 bits per heavy atom. The summed E-state index contributed by atoms with van der Waals surface area (Å²) in [6, 6.07) is 0.182. The van der Waals surface area contributed by atoms with Gasteiger partial charge in [-0.3, -0.25) is 4.79 Å². The van der Waals surface area contributed by atoms with E-state index in [0.29, 0.717) is 0 Å². The minimum atomic E-state index is -0.307. The van der Waals surface area contributed by atoms with Crippen LogP contribution in [0.25, 0.3) is 0 Å². The highest BCUT2D eigenvalue weighted by Crippen LogP contribution is 2.11. The minimum Gasteiger partial charge on any atom is -0.379 e. The summed E-state index contributed by atoms with van der Waals surface area (Å²) in [7, 11) is 0. The highest BCUT2D eigenvalue weighted by molar-refractivity contribution is 5.96. The van der Waals surface area contributed by atoms with Crippen LogP contribution in [0.2, 0.25) is 0 Å². The lowest BCUT2D eigenvalue weighted by Gasteiger charge is -2.31. The molecule has 0 saturated carbocycles. The second kappa shape index (κ2) is 5.13. The number of nitrogens with zero attached hydrogens (tertiary/aromatic N) is 3. The van der Waals surface area contributed by atoms with Crippen LogP contribution in [0.3, 0.4) is 0 Å². The molecule has 1 aromatic rings. The van der Waals surface area contributed by atoms with Crippen molar-refractivity contribution >= 4 is 11.7 Å². The van der Waals surface area contributed by atoms with Gasteiger partial charge in [-0.1, -0.05) is 6.92 Å². The van der Waals surface area contributed by atoms with Crippen molar-refractivity contribution in [1.82, 2.24) is 20.5 Å². The fraction of sp³-hybridized carbons (Fsp3) is 0.700. The van der Waals surface area contributed by atoms with E-state index in [0.717, 1.165) is 32.5 Å². The number of likely N-dealkylation sites (tertiary alicyclic amines) is 1. The Bertz CT molecular complexity index is 384. The zero-order chi connectivity index (χ0) is 12.3. The molecule has 1 aromatic heterocycles. The Kier molecular flexibility index (Phi) is 3.58. The van der Waals surface area contributed by atoms with Crippen molar-refractivity contribution in [3.05, 3.63) is 5.69 Å². The summed E-state index contributed by atoms with van der Waals surface area (Å²) in [6.07, 6.45) is 1.90. The molecule has 1 aliphatic rings. The Labute approximate surface area is 99.3 Å². The Balaban J connectivity index is 1.86. The minimum absolute atomic E-state index is 0.0356. The number of nitrogens with two attached hydrogens (primary N) is 1. The number of hydrogen-bond donors (Lipinski definition) is 2. The zero-order valence-corrected chi connectivity index (χ0v) is 9.85. The van der Waals surface area contributed by atoms with E-state index in [4.69, 9.17) is 5.73 Å². The summed E-state index contributed by atoms with van der Waals surface area (Å²) in [5.74, 6) is -0.271. The third-order valence-electron chi connectivity index (χ3n) is 3.10. The smallest absolute Gasteiger partial charge is 0.277 e. The van der Waals surface area contributed by atoms with E-state index in [1.165, 1.54) is 0 Å². The molecule has 1 aliphatic heterocycles. The van der Waals surface area contributed by atoms with E-state index in [1.807, 2.05) is 0 Å². The van der Waals surface area contributed by atoms with Gasteiger partial charge in [0.25, 0.3) is 5.91 Å². The number of carbonyl (C=O) groups excluding carboxylic acids is 1. The number of piperidine rings is 1. The van der Waals surface area contributed by atoms with Crippen molar-refractivity contribution in [3.63, 3.8) is 0 Å². The molecule has 0 aliphatic carbocycles. The van der Waals surface area contributed by atoms with Gasteiger partial charge in [0.2, 0.25) is 11.5 Å². The Morgan fingerprint density at radius 3 is 2.76 bits per heavy atom. The summed E-state index contributed by atoms with van der Waals surface area (Å²) >= 11 is 0. The lowest BCUT2D eigenvalue weighted by molar-refractivity contribution is 0.0903. The number of nitrogens with one attached hydrogen (secondary N) is 1. The first-order chi connectivity index (χ1) is 8.20. The van der Waals surface area contributed by atoms with Crippen LogP contribution in [0.4, 0.5) is 5.82 Å². The van der Waals surface area contributed by atoms with E-state index < -0.39 is 0 Å². The topological polar surface area (TPSA) is 97.3 Å². The van der Waals surface area contributed by atoms with Crippen molar-refractivity contribution < 1.29 is 9.42 Å². The SMILES string of the molecule is CCN1CCC(NC(=O)c2nonc2N)CC1. The molecule has 2 rings (SSSR count). The number of anilines is 1. The molecule has 0 unspecified atom stereocenters. The van der Waals surface area contributed by atoms with Gasteiger partial charge >= 0.3 is 0 Å². The quantitative estimate of drug-likeness (QED) is 0.762.